The Morgan fingerprint density at radius 3 is 2.53 bits per heavy atom. The molecule has 1 atom stereocenters. The molecule has 2 rings (SSSR count). The number of hydrogen-bond donors (Lipinski definition) is 1. The van der Waals surface area contributed by atoms with Crippen molar-refractivity contribution in [2.75, 3.05) is 0 Å². The first kappa shape index (κ1) is 13.5. The Hall–Kier alpha value is -1.96. The second kappa shape index (κ2) is 4.61. The topological polar surface area (TPSA) is 59.2 Å². The number of aromatic nitrogens is 2. The van der Waals surface area contributed by atoms with E-state index in [0.717, 1.165) is 6.07 Å². The SMILES string of the molecule is CC(O)c1noc(-c2ccc(F)c(C(F)(F)F)c2)n1. The third-order valence-electron chi connectivity index (χ3n) is 2.33. The molecule has 0 bridgehead atoms. The van der Waals surface area contributed by atoms with Crippen LogP contribution in [0.25, 0.3) is 11.5 Å². The van der Waals surface area contributed by atoms with E-state index in [1.165, 1.54) is 6.92 Å². The fourth-order valence-corrected chi connectivity index (χ4v) is 1.40. The summed E-state index contributed by atoms with van der Waals surface area (Å²) in [5.74, 6) is -1.67. The first-order chi connectivity index (χ1) is 8.79. The highest BCUT2D eigenvalue weighted by molar-refractivity contribution is 5.54. The number of benzene rings is 1. The van der Waals surface area contributed by atoms with Crippen LogP contribution in [0.2, 0.25) is 0 Å². The standard InChI is InChI=1S/C11H8F4N2O2/c1-5(18)9-16-10(19-17-9)6-2-3-8(12)7(4-6)11(13,14)15/h2-5,18H,1H3. The summed E-state index contributed by atoms with van der Waals surface area (Å²) in [6.45, 7) is 1.38. The van der Waals surface area contributed by atoms with Crippen LogP contribution in [0.4, 0.5) is 17.6 Å². The van der Waals surface area contributed by atoms with Gasteiger partial charge in [0.2, 0.25) is 0 Å². The van der Waals surface area contributed by atoms with Crippen LogP contribution < -0.4 is 0 Å². The predicted molar refractivity (Wildman–Crippen MR) is 55.3 cm³/mol. The molecule has 0 aliphatic heterocycles. The molecule has 0 radical (unpaired) electrons. The lowest BCUT2D eigenvalue weighted by Gasteiger charge is -2.08. The van der Waals surface area contributed by atoms with Crippen molar-refractivity contribution in [1.82, 2.24) is 10.1 Å². The summed E-state index contributed by atoms with van der Waals surface area (Å²) < 4.78 is 55.4. The zero-order chi connectivity index (χ0) is 14.2. The van der Waals surface area contributed by atoms with Crippen LogP contribution in [0.1, 0.15) is 24.4 Å². The molecular formula is C11H8F4N2O2. The van der Waals surface area contributed by atoms with Crippen LogP contribution >= 0.6 is 0 Å². The molecule has 1 N–H and O–H groups in total. The molecule has 1 unspecified atom stereocenters. The second-order valence-corrected chi connectivity index (χ2v) is 3.83. The number of hydrogen-bond acceptors (Lipinski definition) is 4. The van der Waals surface area contributed by atoms with E-state index in [2.05, 4.69) is 10.1 Å². The molecule has 0 amide bonds. The largest absolute Gasteiger partial charge is 0.419 e. The third-order valence-corrected chi connectivity index (χ3v) is 2.33. The first-order valence-electron chi connectivity index (χ1n) is 5.18. The minimum absolute atomic E-state index is 0.0621. The van der Waals surface area contributed by atoms with Crippen molar-refractivity contribution in [2.24, 2.45) is 0 Å². The van der Waals surface area contributed by atoms with Crippen LogP contribution in [-0.2, 0) is 6.18 Å². The Morgan fingerprint density at radius 1 is 1.32 bits per heavy atom. The molecule has 0 fully saturated rings. The minimum atomic E-state index is -4.81. The Bertz CT molecular complexity index is 593. The number of aliphatic hydroxyl groups excluding tert-OH is 1. The lowest BCUT2D eigenvalue weighted by Crippen LogP contribution is -2.08. The summed E-state index contributed by atoms with van der Waals surface area (Å²) in [5, 5.41) is 12.6. The number of rotatable bonds is 2. The molecule has 4 nitrogen and oxygen atoms in total. The summed E-state index contributed by atoms with van der Waals surface area (Å²) in [5.41, 5.74) is -1.49. The summed E-state index contributed by atoms with van der Waals surface area (Å²) in [4.78, 5) is 3.72. The van der Waals surface area contributed by atoms with Gasteiger partial charge in [0.1, 0.15) is 11.9 Å². The van der Waals surface area contributed by atoms with E-state index < -0.39 is 23.7 Å². The smallest absolute Gasteiger partial charge is 0.385 e. The van der Waals surface area contributed by atoms with Crippen LogP contribution in [-0.4, -0.2) is 15.2 Å². The molecule has 8 heteroatoms. The summed E-state index contributed by atoms with van der Waals surface area (Å²) in [6, 6.07) is 2.34. The van der Waals surface area contributed by atoms with E-state index in [1.807, 2.05) is 0 Å². The average molecular weight is 276 g/mol. The second-order valence-electron chi connectivity index (χ2n) is 3.83. The van der Waals surface area contributed by atoms with Crippen molar-refractivity contribution in [3.63, 3.8) is 0 Å². The Labute approximate surface area is 104 Å². The molecular weight excluding hydrogens is 268 g/mol. The molecule has 19 heavy (non-hydrogen) atoms. The van der Waals surface area contributed by atoms with Crippen LogP contribution in [0, 0.1) is 5.82 Å². The number of halogens is 4. The van der Waals surface area contributed by atoms with E-state index in [0.29, 0.717) is 12.1 Å². The van der Waals surface area contributed by atoms with Gasteiger partial charge in [-0.25, -0.2) is 4.39 Å². The van der Waals surface area contributed by atoms with Gasteiger partial charge in [-0.3, -0.25) is 0 Å². The van der Waals surface area contributed by atoms with E-state index >= 15 is 0 Å². The highest BCUT2D eigenvalue weighted by atomic mass is 19.4. The van der Waals surface area contributed by atoms with Crippen LogP contribution in [0.3, 0.4) is 0 Å². The summed E-state index contributed by atoms with van der Waals surface area (Å²) >= 11 is 0. The average Bonchev–Trinajstić information content (AvgIpc) is 2.77. The Morgan fingerprint density at radius 2 is 2.00 bits per heavy atom. The fraction of sp³-hybridized carbons (Fsp3) is 0.273. The van der Waals surface area contributed by atoms with Gasteiger partial charge in [-0.05, 0) is 25.1 Å². The maximum absolute atomic E-state index is 13.1. The molecule has 0 aliphatic rings. The highest BCUT2D eigenvalue weighted by Gasteiger charge is 2.34. The number of alkyl halides is 3. The summed E-state index contributed by atoms with van der Waals surface area (Å²) in [6.07, 6.45) is -5.83. The fourth-order valence-electron chi connectivity index (χ4n) is 1.40. The normalized spacial score (nSPS) is 13.6. The van der Waals surface area contributed by atoms with E-state index in [9.17, 15) is 22.7 Å². The van der Waals surface area contributed by atoms with Crippen molar-refractivity contribution in [1.29, 1.82) is 0 Å². The quantitative estimate of drug-likeness (QED) is 0.857. The van der Waals surface area contributed by atoms with Gasteiger partial charge in [0, 0.05) is 5.56 Å². The number of aliphatic hydroxyl groups is 1. The molecule has 0 spiro atoms. The lowest BCUT2D eigenvalue weighted by atomic mass is 10.1. The molecule has 1 heterocycles. The highest BCUT2D eigenvalue weighted by Crippen LogP contribution is 2.34. The lowest BCUT2D eigenvalue weighted by molar-refractivity contribution is -0.139. The summed E-state index contributed by atoms with van der Waals surface area (Å²) in [7, 11) is 0. The third kappa shape index (κ3) is 2.73. The predicted octanol–water partition coefficient (Wildman–Crippen LogP) is 2.95. The van der Waals surface area contributed by atoms with Gasteiger partial charge in [-0.1, -0.05) is 5.16 Å². The van der Waals surface area contributed by atoms with Crippen molar-refractivity contribution in [3.8, 4) is 11.5 Å². The van der Waals surface area contributed by atoms with E-state index in [4.69, 9.17) is 4.52 Å². The monoisotopic (exact) mass is 276 g/mol. The van der Waals surface area contributed by atoms with E-state index in [-0.39, 0.29) is 17.3 Å². The van der Waals surface area contributed by atoms with Gasteiger partial charge in [-0.15, -0.1) is 0 Å². The minimum Gasteiger partial charge on any atom is -0.385 e. The maximum Gasteiger partial charge on any atom is 0.419 e. The van der Waals surface area contributed by atoms with Gasteiger partial charge in [0.15, 0.2) is 5.82 Å². The van der Waals surface area contributed by atoms with Crippen LogP contribution in [0.5, 0.6) is 0 Å². The van der Waals surface area contributed by atoms with Gasteiger partial charge >= 0.3 is 6.18 Å². The number of nitrogens with zero attached hydrogens (tertiary/aromatic N) is 2. The maximum atomic E-state index is 13.1. The van der Waals surface area contributed by atoms with Gasteiger partial charge in [-0.2, -0.15) is 18.2 Å². The van der Waals surface area contributed by atoms with Gasteiger partial charge in [0.25, 0.3) is 5.89 Å². The Balaban J connectivity index is 2.45. The molecule has 102 valence electrons. The molecule has 1 aromatic heterocycles. The molecule has 1 aromatic carbocycles. The van der Waals surface area contributed by atoms with Gasteiger partial charge in [0.05, 0.1) is 5.56 Å². The first-order valence-corrected chi connectivity index (χ1v) is 5.18. The zero-order valence-corrected chi connectivity index (χ0v) is 9.57. The molecule has 0 saturated carbocycles. The molecule has 0 aliphatic carbocycles. The van der Waals surface area contributed by atoms with Crippen LogP contribution in [0.15, 0.2) is 22.7 Å². The Kier molecular flexibility index (Phi) is 3.27. The zero-order valence-electron chi connectivity index (χ0n) is 9.57. The van der Waals surface area contributed by atoms with Crippen molar-refractivity contribution in [3.05, 3.63) is 35.4 Å². The molecule has 2 aromatic rings. The van der Waals surface area contributed by atoms with Crippen molar-refractivity contribution >= 4 is 0 Å². The van der Waals surface area contributed by atoms with Gasteiger partial charge < -0.3 is 9.63 Å². The van der Waals surface area contributed by atoms with Crippen molar-refractivity contribution < 1.29 is 27.2 Å². The van der Waals surface area contributed by atoms with E-state index in [1.54, 1.807) is 0 Å². The van der Waals surface area contributed by atoms with Crippen molar-refractivity contribution in [2.45, 2.75) is 19.2 Å². The molecule has 0 saturated heterocycles.